The highest BCUT2D eigenvalue weighted by Crippen LogP contribution is 2.26. The van der Waals surface area contributed by atoms with E-state index in [4.69, 9.17) is 4.74 Å². The minimum Gasteiger partial charge on any atom is -0.494 e. The first-order valence-electron chi connectivity index (χ1n) is 8.91. The fourth-order valence-corrected chi connectivity index (χ4v) is 3.94. The highest BCUT2D eigenvalue weighted by Gasteiger charge is 2.25. The molecule has 0 spiro atoms. The molecular formula is C18H26N4O2S. The van der Waals surface area contributed by atoms with E-state index < -0.39 is 0 Å². The van der Waals surface area contributed by atoms with Crippen LogP contribution in [0.25, 0.3) is 11.0 Å². The van der Waals surface area contributed by atoms with Crippen LogP contribution in [0.2, 0.25) is 0 Å². The predicted molar refractivity (Wildman–Crippen MR) is 101 cm³/mol. The van der Waals surface area contributed by atoms with E-state index in [0.717, 1.165) is 54.7 Å². The van der Waals surface area contributed by atoms with E-state index in [1.807, 2.05) is 36.9 Å². The highest BCUT2D eigenvalue weighted by atomic mass is 32.2. The number of fused-ring (bicyclic) bond motifs is 1. The van der Waals surface area contributed by atoms with E-state index >= 15 is 0 Å². The van der Waals surface area contributed by atoms with E-state index in [0.29, 0.717) is 6.61 Å². The predicted octanol–water partition coefficient (Wildman–Crippen LogP) is 2.61. The van der Waals surface area contributed by atoms with Gasteiger partial charge in [-0.3, -0.25) is 4.79 Å². The van der Waals surface area contributed by atoms with Crippen LogP contribution in [0.1, 0.15) is 20.8 Å². The summed E-state index contributed by atoms with van der Waals surface area (Å²) in [5, 5.41) is 0.622. The van der Waals surface area contributed by atoms with Crippen LogP contribution in [0.5, 0.6) is 5.75 Å². The quantitative estimate of drug-likeness (QED) is 0.801. The van der Waals surface area contributed by atoms with Crippen LogP contribution >= 0.6 is 11.8 Å². The van der Waals surface area contributed by atoms with Crippen LogP contribution in [-0.2, 0) is 4.79 Å². The third kappa shape index (κ3) is 4.27. The van der Waals surface area contributed by atoms with Crippen LogP contribution in [0.4, 0.5) is 0 Å². The van der Waals surface area contributed by atoms with E-state index in [9.17, 15) is 4.79 Å². The summed E-state index contributed by atoms with van der Waals surface area (Å²) in [5.41, 5.74) is 1.83. The molecule has 0 radical (unpaired) electrons. The molecule has 7 heteroatoms. The molecule has 2 aromatic rings. The zero-order valence-corrected chi connectivity index (χ0v) is 15.9. The molecule has 0 saturated carbocycles. The number of amides is 1. The number of hydrogen-bond acceptors (Lipinski definition) is 5. The monoisotopic (exact) mass is 362 g/mol. The standard InChI is InChI=1S/C18H26N4O2S/c1-4-21-8-10-22(11-9-21)17(23)13(3)25-18-19-15-7-6-14(24-5-2)12-16(15)20-18/h6-7,12-13H,4-5,8-11H2,1-3H3,(H,19,20)/t13-/m1/s1. The summed E-state index contributed by atoms with van der Waals surface area (Å²) < 4.78 is 5.52. The maximum atomic E-state index is 12.7. The van der Waals surface area contributed by atoms with Crippen molar-refractivity contribution in [3.05, 3.63) is 18.2 Å². The zero-order chi connectivity index (χ0) is 17.8. The number of piperazine rings is 1. The largest absolute Gasteiger partial charge is 0.494 e. The number of rotatable bonds is 6. The molecule has 1 aromatic heterocycles. The molecule has 1 amide bonds. The SMILES string of the molecule is CCOc1ccc2nc(S[C@H](C)C(=O)N3CCN(CC)CC3)[nH]c2c1. The molecule has 1 atom stereocenters. The van der Waals surface area contributed by atoms with Crippen molar-refractivity contribution in [3.63, 3.8) is 0 Å². The molecule has 1 fully saturated rings. The molecule has 25 heavy (non-hydrogen) atoms. The van der Waals surface area contributed by atoms with Gasteiger partial charge in [0.2, 0.25) is 5.91 Å². The maximum Gasteiger partial charge on any atom is 0.235 e. The molecule has 1 aliphatic heterocycles. The molecule has 0 bridgehead atoms. The number of carbonyl (C=O) groups is 1. The average Bonchev–Trinajstić information content (AvgIpc) is 3.03. The van der Waals surface area contributed by atoms with Crippen LogP contribution in [-0.4, -0.2) is 70.3 Å². The maximum absolute atomic E-state index is 12.7. The lowest BCUT2D eigenvalue weighted by Crippen LogP contribution is -2.50. The molecule has 3 rings (SSSR count). The van der Waals surface area contributed by atoms with E-state index in [1.165, 1.54) is 11.8 Å². The Bertz CT molecular complexity index is 725. The second-order valence-electron chi connectivity index (χ2n) is 6.17. The number of nitrogens with zero attached hydrogens (tertiary/aromatic N) is 3. The summed E-state index contributed by atoms with van der Waals surface area (Å²) >= 11 is 1.48. The van der Waals surface area contributed by atoms with Gasteiger partial charge >= 0.3 is 0 Å². The Hall–Kier alpha value is -1.73. The van der Waals surface area contributed by atoms with Gasteiger partial charge in [-0.25, -0.2) is 4.98 Å². The average molecular weight is 362 g/mol. The molecule has 1 aliphatic rings. The summed E-state index contributed by atoms with van der Waals surface area (Å²) in [4.78, 5) is 24.9. The number of hydrogen-bond donors (Lipinski definition) is 1. The van der Waals surface area contributed by atoms with Gasteiger partial charge in [-0.1, -0.05) is 18.7 Å². The molecular weight excluding hydrogens is 336 g/mol. The van der Waals surface area contributed by atoms with Gasteiger partial charge in [-0.15, -0.1) is 0 Å². The lowest BCUT2D eigenvalue weighted by Gasteiger charge is -2.35. The van der Waals surface area contributed by atoms with Crippen molar-refractivity contribution in [1.82, 2.24) is 19.8 Å². The molecule has 2 heterocycles. The first kappa shape index (κ1) is 18.1. The van der Waals surface area contributed by atoms with Crippen molar-refractivity contribution in [3.8, 4) is 5.75 Å². The number of nitrogens with one attached hydrogen (secondary N) is 1. The van der Waals surface area contributed by atoms with Gasteiger partial charge in [0.1, 0.15) is 5.75 Å². The summed E-state index contributed by atoms with van der Waals surface area (Å²) in [6.07, 6.45) is 0. The number of ether oxygens (including phenoxy) is 1. The van der Waals surface area contributed by atoms with Gasteiger partial charge in [-0.2, -0.15) is 0 Å². The van der Waals surface area contributed by atoms with Gasteiger partial charge in [-0.05, 0) is 32.5 Å². The number of benzene rings is 1. The molecule has 0 unspecified atom stereocenters. The van der Waals surface area contributed by atoms with Gasteiger partial charge in [0.15, 0.2) is 5.16 Å². The van der Waals surface area contributed by atoms with E-state index in [-0.39, 0.29) is 11.2 Å². The Morgan fingerprint density at radius 3 is 2.76 bits per heavy atom. The topological polar surface area (TPSA) is 61.5 Å². The van der Waals surface area contributed by atoms with Crippen molar-refractivity contribution in [1.29, 1.82) is 0 Å². The zero-order valence-electron chi connectivity index (χ0n) is 15.1. The van der Waals surface area contributed by atoms with Gasteiger partial charge in [0.05, 0.1) is 22.9 Å². The number of thioether (sulfide) groups is 1. The van der Waals surface area contributed by atoms with Crippen LogP contribution in [0, 0.1) is 0 Å². The molecule has 1 saturated heterocycles. The summed E-state index contributed by atoms with van der Waals surface area (Å²) in [5.74, 6) is 1.02. The highest BCUT2D eigenvalue weighted by molar-refractivity contribution is 8.00. The fourth-order valence-electron chi connectivity index (χ4n) is 3.04. The number of H-pyrrole nitrogens is 1. The lowest BCUT2D eigenvalue weighted by molar-refractivity contribution is -0.132. The van der Waals surface area contributed by atoms with Gasteiger partial charge in [0.25, 0.3) is 0 Å². The number of aromatic nitrogens is 2. The van der Waals surface area contributed by atoms with E-state index in [2.05, 4.69) is 21.8 Å². The molecule has 1 aromatic carbocycles. The van der Waals surface area contributed by atoms with Crippen LogP contribution in [0.3, 0.4) is 0 Å². The molecule has 6 nitrogen and oxygen atoms in total. The Kier molecular flexibility index (Phi) is 5.86. The third-order valence-corrected chi connectivity index (χ3v) is 5.48. The number of likely N-dealkylation sites (N-methyl/N-ethyl adjacent to an activating group) is 1. The van der Waals surface area contributed by atoms with E-state index in [1.54, 1.807) is 0 Å². The summed E-state index contributed by atoms with van der Waals surface area (Å²) in [6.45, 7) is 11.3. The minimum atomic E-state index is -0.153. The molecule has 0 aliphatic carbocycles. The van der Waals surface area contributed by atoms with Crippen LogP contribution < -0.4 is 4.74 Å². The Morgan fingerprint density at radius 2 is 2.08 bits per heavy atom. The summed E-state index contributed by atoms with van der Waals surface area (Å²) in [6, 6.07) is 5.81. The van der Waals surface area contributed by atoms with Crippen molar-refractivity contribution in [2.24, 2.45) is 0 Å². The van der Waals surface area contributed by atoms with Crippen molar-refractivity contribution in [2.45, 2.75) is 31.2 Å². The van der Waals surface area contributed by atoms with Crippen molar-refractivity contribution >= 4 is 28.7 Å². The summed E-state index contributed by atoms with van der Waals surface area (Å²) in [7, 11) is 0. The first-order chi connectivity index (χ1) is 12.1. The Morgan fingerprint density at radius 1 is 1.32 bits per heavy atom. The number of carbonyl (C=O) groups excluding carboxylic acids is 1. The number of imidazole rings is 1. The normalized spacial score (nSPS) is 17.0. The molecule has 1 N–H and O–H groups in total. The van der Waals surface area contributed by atoms with Crippen LogP contribution in [0.15, 0.2) is 23.4 Å². The number of aromatic amines is 1. The lowest BCUT2D eigenvalue weighted by atomic mass is 10.3. The first-order valence-corrected chi connectivity index (χ1v) is 9.79. The Labute approximate surface area is 152 Å². The second-order valence-corrected chi connectivity index (χ2v) is 7.50. The third-order valence-electron chi connectivity index (χ3n) is 4.51. The van der Waals surface area contributed by atoms with Gasteiger partial charge in [0, 0.05) is 32.2 Å². The smallest absolute Gasteiger partial charge is 0.235 e. The van der Waals surface area contributed by atoms with Crippen molar-refractivity contribution in [2.75, 3.05) is 39.3 Å². The van der Waals surface area contributed by atoms with Gasteiger partial charge < -0.3 is 19.5 Å². The fraction of sp³-hybridized carbons (Fsp3) is 0.556. The minimum absolute atomic E-state index is 0.153. The molecule has 136 valence electrons. The second kappa shape index (κ2) is 8.10. The Balaban J connectivity index is 1.63. The van der Waals surface area contributed by atoms with Crippen molar-refractivity contribution < 1.29 is 9.53 Å².